The van der Waals surface area contributed by atoms with Crippen molar-refractivity contribution in [3.63, 3.8) is 0 Å². The summed E-state index contributed by atoms with van der Waals surface area (Å²) in [6.07, 6.45) is 24.1. The van der Waals surface area contributed by atoms with Gasteiger partial charge < -0.3 is 10.2 Å². The van der Waals surface area contributed by atoms with Crippen molar-refractivity contribution in [3.05, 3.63) is 48.6 Å². The highest BCUT2D eigenvalue weighted by Gasteiger charge is 2.01. The highest BCUT2D eigenvalue weighted by molar-refractivity contribution is 5.80. The Bertz CT molecular complexity index is 392. The predicted molar refractivity (Wildman–Crippen MR) is 97.4 cm³/mol. The first-order valence-electron chi connectivity index (χ1n) is 8.74. The summed E-state index contributed by atoms with van der Waals surface area (Å²) in [4.78, 5) is 10.2. The van der Waals surface area contributed by atoms with Crippen LogP contribution in [-0.2, 0) is 4.79 Å². The summed E-state index contributed by atoms with van der Waals surface area (Å²) >= 11 is 0. The van der Waals surface area contributed by atoms with Gasteiger partial charge in [-0.05, 0) is 25.7 Å². The van der Waals surface area contributed by atoms with Gasteiger partial charge in [-0.15, -0.1) is 0 Å². The van der Waals surface area contributed by atoms with E-state index in [1.165, 1.54) is 31.8 Å². The Morgan fingerprint density at radius 3 is 2.17 bits per heavy atom. The van der Waals surface area contributed by atoms with Gasteiger partial charge in [0.1, 0.15) is 0 Å². The summed E-state index contributed by atoms with van der Waals surface area (Å²) in [6, 6.07) is 0. The SMILES string of the molecule is CCC[C@@H](O)CCCCCCCC=CC=CC=CC=CC(=O)O. The molecule has 0 fully saturated rings. The molecule has 0 aromatic rings. The van der Waals surface area contributed by atoms with E-state index in [1.54, 1.807) is 12.2 Å². The second-order valence-corrected chi connectivity index (χ2v) is 5.68. The Kier molecular flexibility index (Phi) is 15.6. The Morgan fingerprint density at radius 1 is 0.870 bits per heavy atom. The zero-order valence-corrected chi connectivity index (χ0v) is 14.4. The van der Waals surface area contributed by atoms with Gasteiger partial charge in [0.05, 0.1) is 6.10 Å². The lowest BCUT2D eigenvalue weighted by atomic mass is 10.0. The maximum absolute atomic E-state index is 10.2. The standard InChI is InChI=1S/C20H32O3/c1-2-16-19(21)17-14-12-10-8-6-4-3-5-7-9-11-13-15-18-20(22)23/h3,5,7,9,11,13,15,18-19,21H,2,4,6,8,10,12,14,16-17H2,1H3,(H,22,23)/t19-/m1/s1. The molecule has 1 atom stereocenters. The van der Waals surface area contributed by atoms with Crippen molar-refractivity contribution in [1.29, 1.82) is 0 Å². The number of hydrogen-bond acceptors (Lipinski definition) is 2. The quantitative estimate of drug-likeness (QED) is 0.263. The van der Waals surface area contributed by atoms with E-state index in [0.717, 1.165) is 38.2 Å². The first kappa shape index (κ1) is 21.4. The van der Waals surface area contributed by atoms with Crippen LogP contribution in [0.5, 0.6) is 0 Å². The highest BCUT2D eigenvalue weighted by atomic mass is 16.4. The van der Waals surface area contributed by atoms with Gasteiger partial charge in [0.2, 0.25) is 0 Å². The number of unbranched alkanes of at least 4 members (excludes halogenated alkanes) is 5. The minimum atomic E-state index is -0.935. The van der Waals surface area contributed by atoms with Crippen LogP contribution in [0.2, 0.25) is 0 Å². The monoisotopic (exact) mass is 320 g/mol. The van der Waals surface area contributed by atoms with Crippen LogP contribution in [0.25, 0.3) is 0 Å². The maximum atomic E-state index is 10.2. The molecule has 0 rings (SSSR count). The molecular formula is C20H32O3. The van der Waals surface area contributed by atoms with Crippen LogP contribution in [0.4, 0.5) is 0 Å². The molecule has 3 heteroatoms. The van der Waals surface area contributed by atoms with Crippen LogP contribution in [-0.4, -0.2) is 22.3 Å². The fourth-order valence-corrected chi connectivity index (χ4v) is 2.22. The molecule has 0 aromatic carbocycles. The van der Waals surface area contributed by atoms with Crippen molar-refractivity contribution in [2.45, 2.75) is 70.8 Å². The molecule has 130 valence electrons. The molecule has 3 nitrogen and oxygen atoms in total. The van der Waals surface area contributed by atoms with Gasteiger partial charge in [0.15, 0.2) is 0 Å². The lowest BCUT2D eigenvalue weighted by Gasteiger charge is -2.08. The lowest BCUT2D eigenvalue weighted by Crippen LogP contribution is -2.04. The number of aliphatic hydroxyl groups excluding tert-OH is 1. The minimum Gasteiger partial charge on any atom is -0.478 e. The topological polar surface area (TPSA) is 57.5 Å². The highest BCUT2D eigenvalue weighted by Crippen LogP contribution is 2.11. The molecule has 0 heterocycles. The molecule has 0 bridgehead atoms. The number of rotatable bonds is 14. The van der Waals surface area contributed by atoms with Gasteiger partial charge in [-0.3, -0.25) is 0 Å². The van der Waals surface area contributed by atoms with Gasteiger partial charge in [-0.2, -0.15) is 0 Å². The van der Waals surface area contributed by atoms with Gasteiger partial charge in [-0.25, -0.2) is 4.79 Å². The Morgan fingerprint density at radius 2 is 1.48 bits per heavy atom. The summed E-state index contributed by atoms with van der Waals surface area (Å²) < 4.78 is 0. The predicted octanol–water partition coefficient (Wildman–Crippen LogP) is 5.19. The number of aliphatic carboxylic acids is 1. The molecule has 23 heavy (non-hydrogen) atoms. The van der Waals surface area contributed by atoms with Crippen LogP contribution >= 0.6 is 0 Å². The third kappa shape index (κ3) is 18.3. The molecule has 0 saturated heterocycles. The Labute approximate surface area is 141 Å². The van der Waals surface area contributed by atoms with Crippen molar-refractivity contribution in [2.75, 3.05) is 0 Å². The molecule has 2 N–H and O–H groups in total. The van der Waals surface area contributed by atoms with Crippen LogP contribution < -0.4 is 0 Å². The van der Waals surface area contributed by atoms with E-state index in [4.69, 9.17) is 5.11 Å². The molecule has 0 unspecified atom stereocenters. The molecule has 0 amide bonds. The zero-order valence-electron chi connectivity index (χ0n) is 14.4. The van der Waals surface area contributed by atoms with E-state index in [2.05, 4.69) is 13.0 Å². The van der Waals surface area contributed by atoms with Crippen LogP contribution in [0.3, 0.4) is 0 Å². The number of allylic oxidation sites excluding steroid dienone is 7. The van der Waals surface area contributed by atoms with Crippen LogP contribution in [0.15, 0.2) is 48.6 Å². The normalized spacial score (nSPS) is 13.8. The summed E-state index contributed by atoms with van der Waals surface area (Å²) in [5, 5.41) is 18.0. The van der Waals surface area contributed by atoms with E-state index in [1.807, 2.05) is 18.2 Å². The number of carboxylic acid groups (broad SMARTS) is 1. The Hall–Kier alpha value is -1.61. The van der Waals surface area contributed by atoms with Crippen LogP contribution in [0, 0.1) is 0 Å². The van der Waals surface area contributed by atoms with E-state index in [0.29, 0.717) is 0 Å². The number of carboxylic acids is 1. The number of hydrogen-bond donors (Lipinski definition) is 2. The van der Waals surface area contributed by atoms with Gasteiger partial charge in [0, 0.05) is 6.08 Å². The third-order valence-corrected chi connectivity index (χ3v) is 3.46. The van der Waals surface area contributed by atoms with Crippen molar-refractivity contribution in [2.24, 2.45) is 0 Å². The first-order valence-corrected chi connectivity index (χ1v) is 8.74. The van der Waals surface area contributed by atoms with E-state index < -0.39 is 5.97 Å². The van der Waals surface area contributed by atoms with Gasteiger partial charge >= 0.3 is 5.97 Å². The molecule has 0 aliphatic heterocycles. The molecule has 0 aliphatic rings. The molecular weight excluding hydrogens is 288 g/mol. The largest absolute Gasteiger partial charge is 0.478 e. The summed E-state index contributed by atoms with van der Waals surface area (Å²) in [6.45, 7) is 2.11. The molecule has 0 spiro atoms. The number of carbonyl (C=O) groups is 1. The zero-order chi connectivity index (χ0) is 17.2. The minimum absolute atomic E-state index is 0.0941. The molecule has 0 aromatic heterocycles. The summed E-state index contributed by atoms with van der Waals surface area (Å²) in [5.74, 6) is -0.935. The molecule has 0 aliphatic carbocycles. The van der Waals surface area contributed by atoms with E-state index in [-0.39, 0.29) is 6.10 Å². The lowest BCUT2D eigenvalue weighted by molar-refractivity contribution is -0.131. The number of aliphatic hydroxyl groups is 1. The molecule has 0 saturated carbocycles. The van der Waals surface area contributed by atoms with Gasteiger partial charge in [0.25, 0.3) is 0 Å². The third-order valence-electron chi connectivity index (χ3n) is 3.46. The maximum Gasteiger partial charge on any atom is 0.328 e. The summed E-state index contributed by atoms with van der Waals surface area (Å²) in [7, 11) is 0. The van der Waals surface area contributed by atoms with E-state index >= 15 is 0 Å². The van der Waals surface area contributed by atoms with E-state index in [9.17, 15) is 9.90 Å². The second kappa shape index (κ2) is 16.8. The fraction of sp³-hybridized carbons (Fsp3) is 0.550. The fourth-order valence-electron chi connectivity index (χ4n) is 2.22. The second-order valence-electron chi connectivity index (χ2n) is 5.68. The first-order chi connectivity index (χ1) is 11.2. The van der Waals surface area contributed by atoms with Crippen LogP contribution in [0.1, 0.15) is 64.7 Å². The van der Waals surface area contributed by atoms with Gasteiger partial charge in [-0.1, -0.05) is 81.6 Å². The van der Waals surface area contributed by atoms with Crippen molar-refractivity contribution in [3.8, 4) is 0 Å². The average molecular weight is 320 g/mol. The molecule has 0 radical (unpaired) electrons. The Balaban J connectivity index is 3.42. The average Bonchev–Trinajstić information content (AvgIpc) is 2.51. The smallest absolute Gasteiger partial charge is 0.328 e. The summed E-state index contributed by atoms with van der Waals surface area (Å²) in [5.41, 5.74) is 0. The van der Waals surface area contributed by atoms with Crippen molar-refractivity contribution < 1.29 is 15.0 Å². The van der Waals surface area contributed by atoms with Crippen molar-refractivity contribution >= 4 is 5.97 Å². The van der Waals surface area contributed by atoms with Crippen molar-refractivity contribution in [1.82, 2.24) is 0 Å².